The van der Waals surface area contributed by atoms with E-state index in [1.165, 1.54) is 0 Å². The lowest BCUT2D eigenvalue weighted by atomic mass is 10.1. The third-order valence-electron chi connectivity index (χ3n) is 3.98. The minimum absolute atomic E-state index is 0.0126. The Balaban J connectivity index is 1.61. The van der Waals surface area contributed by atoms with Crippen LogP contribution in [0.1, 0.15) is 18.9 Å². The molecule has 0 fully saturated rings. The van der Waals surface area contributed by atoms with Crippen molar-refractivity contribution in [3.05, 3.63) is 48.2 Å². The van der Waals surface area contributed by atoms with Gasteiger partial charge in [-0.15, -0.1) is 11.8 Å². The average molecular weight is 370 g/mol. The molecule has 0 saturated heterocycles. The maximum absolute atomic E-state index is 12.6. The summed E-state index contributed by atoms with van der Waals surface area (Å²) in [7, 11) is 0. The maximum atomic E-state index is 12.6. The van der Waals surface area contributed by atoms with Crippen LogP contribution in [0.2, 0.25) is 0 Å². The normalized spacial score (nSPS) is 13.0. The van der Waals surface area contributed by atoms with Crippen LogP contribution in [0.5, 0.6) is 0 Å². The summed E-state index contributed by atoms with van der Waals surface area (Å²) in [5.41, 5.74) is 2.46. The largest absolute Gasteiger partial charge is 0.356 e. The zero-order valence-electron chi connectivity index (χ0n) is 14.7. The van der Waals surface area contributed by atoms with E-state index < -0.39 is 0 Å². The van der Waals surface area contributed by atoms with Crippen molar-refractivity contribution in [3.63, 3.8) is 0 Å². The summed E-state index contributed by atoms with van der Waals surface area (Å²) >= 11 is 1.66. The lowest BCUT2D eigenvalue weighted by Crippen LogP contribution is -2.38. The number of hydrogen-bond donors (Lipinski definition) is 2. The lowest BCUT2D eigenvalue weighted by Gasteiger charge is -2.28. The highest BCUT2D eigenvalue weighted by Crippen LogP contribution is 2.32. The van der Waals surface area contributed by atoms with Crippen LogP contribution < -0.4 is 15.5 Å². The van der Waals surface area contributed by atoms with E-state index in [0.717, 1.165) is 28.5 Å². The smallest absolute Gasteiger partial charge is 0.326 e. The summed E-state index contributed by atoms with van der Waals surface area (Å²) in [6.07, 6.45) is 3.00. The van der Waals surface area contributed by atoms with Crippen LogP contribution in [0.4, 0.5) is 16.2 Å². The molecule has 136 valence electrons. The molecule has 3 rings (SSSR count). The number of anilines is 2. The first kappa shape index (κ1) is 18.3. The Morgan fingerprint density at radius 2 is 2.04 bits per heavy atom. The summed E-state index contributed by atoms with van der Waals surface area (Å²) in [5, 5.41) is 6.65. The van der Waals surface area contributed by atoms with Crippen LogP contribution in [0.3, 0.4) is 0 Å². The molecule has 1 aromatic heterocycles. The highest BCUT2D eigenvalue weighted by molar-refractivity contribution is 7.99. The number of thioether (sulfide) groups is 1. The highest BCUT2D eigenvalue weighted by Gasteiger charge is 2.23. The van der Waals surface area contributed by atoms with E-state index in [-0.39, 0.29) is 11.9 Å². The molecule has 2 N–H and O–H groups in total. The summed E-state index contributed by atoms with van der Waals surface area (Å²) in [5.74, 6) is 0.835. The van der Waals surface area contributed by atoms with E-state index >= 15 is 0 Å². The van der Waals surface area contributed by atoms with Crippen molar-refractivity contribution in [1.29, 1.82) is 0 Å². The molecule has 1 aromatic carbocycles. The SMILES string of the molecule is CCCNC(=O)Cc1ccc(NC(=O)N2CCSc3ncccc32)cc1. The lowest BCUT2D eigenvalue weighted by molar-refractivity contribution is -0.120. The van der Waals surface area contributed by atoms with E-state index in [9.17, 15) is 9.59 Å². The number of benzene rings is 1. The molecular formula is C19H22N4O2S. The fourth-order valence-electron chi connectivity index (χ4n) is 2.67. The molecule has 7 heteroatoms. The molecule has 2 heterocycles. The Kier molecular flexibility index (Phi) is 6.12. The van der Waals surface area contributed by atoms with Gasteiger partial charge in [-0.1, -0.05) is 19.1 Å². The molecular weight excluding hydrogens is 348 g/mol. The molecule has 0 radical (unpaired) electrons. The second-order valence-corrected chi connectivity index (χ2v) is 7.07. The Morgan fingerprint density at radius 1 is 1.23 bits per heavy atom. The van der Waals surface area contributed by atoms with Gasteiger partial charge in [0.2, 0.25) is 5.91 Å². The van der Waals surface area contributed by atoms with Gasteiger partial charge in [-0.2, -0.15) is 0 Å². The third kappa shape index (κ3) is 4.54. The topological polar surface area (TPSA) is 74.3 Å². The number of fused-ring (bicyclic) bond motifs is 1. The van der Waals surface area contributed by atoms with Gasteiger partial charge in [0.05, 0.1) is 12.1 Å². The van der Waals surface area contributed by atoms with E-state index in [2.05, 4.69) is 15.6 Å². The van der Waals surface area contributed by atoms with Crippen LogP contribution in [0, 0.1) is 0 Å². The highest BCUT2D eigenvalue weighted by atomic mass is 32.2. The number of amides is 3. The third-order valence-corrected chi connectivity index (χ3v) is 4.96. The van der Waals surface area contributed by atoms with E-state index in [1.807, 2.05) is 43.3 Å². The number of aromatic nitrogens is 1. The van der Waals surface area contributed by atoms with Gasteiger partial charge in [0.25, 0.3) is 0 Å². The van der Waals surface area contributed by atoms with Crippen molar-refractivity contribution < 1.29 is 9.59 Å². The monoisotopic (exact) mass is 370 g/mol. The van der Waals surface area contributed by atoms with E-state index in [4.69, 9.17) is 0 Å². The first-order chi connectivity index (χ1) is 12.7. The second-order valence-electron chi connectivity index (χ2n) is 5.98. The zero-order valence-corrected chi connectivity index (χ0v) is 15.5. The number of nitrogens with zero attached hydrogens (tertiary/aromatic N) is 2. The van der Waals surface area contributed by atoms with Gasteiger partial charge >= 0.3 is 6.03 Å². The molecule has 2 aromatic rings. The number of carbonyl (C=O) groups excluding carboxylic acids is 2. The quantitative estimate of drug-likeness (QED) is 0.847. The predicted octanol–water partition coefficient (Wildman–Crippen LogP) is 3.29. The molecule has 6 nitrogen and oxygen atoms in total. The van der Waals surface area contributed by atoms with Gasteiger partial charge in [0.1, 0.15) is 5.03 Å². The fraction of sp³-hybridized carbons (Fsp3) is 0.316. The van der Waals surface area contributed by atoms with Crippen molar-refractivity contribution in [1.82, 2.24) is 10.3 Å². The molecule has 26 heavy (non-hydrogen) atoms. The van der Waals surface area contributed by atoms with Crippen LogP contribution in [0.25, 0.3) is 0 Å². The maximum Gasteiger partial charge on any atom is 0.326 e. The summed E-state index contributed by atoms with van der Waals surface area (Å²) < 4.78 is 0. The average Bonchev–Trinajstić information content (AvgIpc) is 2.67. The number of urea groups is 1. The van der Waals surface area contributed by atoms with Crippen molar-refractivity contribution in [2.24, 2.45) is 0 Å². The van der Waals surface area contributed by atoms with Gasteiger partial charge in [0, 0.05) is 30.7 Å². The van der Waals surface area contributed by atoms with Crippen molar-refractivity contribution in [3.8, 4) is 0 Å². The number of rotatable bonds is 5. The van der Waals surface area contributed by atoms with Crippen LogP contribution in [-0.2, 0) is 11.2 Å². The van der Waals surface area contributed by atoms with Gasteiger partial charge in [-0.25, -0.2) is 9.78 Å². The Hall–Kier alpha value is -2.54. The fourth-order valence-corrected chi connectivity index (χ4v) is 3.60. The molecule has 1 aliphatic heterocycles. The number of nitrogens with one attached hydrogen (secondary N) is 2. The molecule has 0 bridgehead atoms. The molecule has 1 aliphatic rings. The van der Waals surface area contributed by atoms with Gasteiger partial charge < -0.3 is 10.6 Å². The second kappa shape index (κ2) is 8.71. The number of pyridine rings is 1. The molecule has 0 aliphatic carbocycles. The molecule has 0 unspecified atom stereocenters. The van der Waals surface area contributed by atoms with Gasteiger partial charge in [-0.3, -0.25) is 9.69 Å². The van der Waals surface area contributed by atoms with Crippen LogP contribution >= 0.6 is 11.8 Å². The minimum Gasteiger partial charge on any atom is -0.356 e. The van der Waals surface area contributed by atoms with Crippen LogP contribution in [-0.4, -0.2) is 35.8 Å². The number of hydrogen-bond acceptors (Lipinski definition) is 4. The van der Waals surface area contributed by atoms with E-state index in [1.54, 1.807) is 22.9 Å². The molecule has 0 saturated carbocycles. The molecule has 3 amide bonds. The molecule has 0 atom stereocenters. The van der Waals surface area contributed by atoms with Crippen molar-refractivity contribution in [2.45, 2.75) is 24.8 Å². The number of carbonyl (C=O) groups is 2. The van der Waals surface area contributed by atoms with Crippen molar-refractivity contribution >= 4 is 35.1 Å². The first-order valence-corrected chi connectivity index (χ1v) is 9.68. The Morgan fingerprint density at radius 3 is 2.81 bits per heavy atom. The Bertz CT molecular complexity index is 779. The predicted molar refractivity (Wildman–Crippen MR) is 105 cm³/mol. The summed E-state index contributed by atoms with van der Waals surface area (Å²) in [4.78, 5) is 30.4. The van der Waals surface area contributed by atoms with E-state index in [0.29, 0.717) is 25.2 Å². The summed E-state index contributed by atoms with van der Waals surface area (Å²) in [6, 6.07) is 10.9. The Labute approximate surface area is 157 Å². The zero-order chi connectivity index (χ0) is 18.4. The first-order valence-electron chi connectivity index (χ1n) is 8.69. The molecule has 0 spiro atoms. The van der Waals surface area contributed by atoms with Gasteiger partial charge in [-0.05, 0) is 36.2 Å². The standard InChI is InChI=1S/C19H22N4O2S/c1-2-9-20-17(24)13-14-5-7-15(8-6-14)22-19(25)23-11-12-26-18-16(23)4-3-10-21-18/h3-8,10H,2,9,11-13H2,1H3,(H,20,24)(H,22,25). The van der Waals surface area contributed by atoms with Gasteiger partial charge in [0.15, 0.2) is 0 Å². The summed E-state index contributed by atoms with van der Waals surface area (Å²) in [6.45, 7) is 3.36. The minimum atomic E-state index is -0.173. The van der Waals surface area contributed by atoms with Crippen molar-refractivity contribution in [2.75, 3.05) is 29.1 Å². The van der Waals surface area contributed by atoms with Crippen LogP contribution in [0.15, 0.2) is 47.6 Å².